The number of rotatable bonds is 7. The third-order valence-electron chi connectivity index (χ3n) is 3.86. The lowest BCUT2D eigenvalue weighted by Crippen LogP contribution is -2.48. The number of hydrogen-bond acceptors (Lipinski definition) is 5. The summed E-state index contributed by atoms with van der Waals surface area (Å²) in [5, 5.41) is 6.08. The number of nitrogens with one attached hydrogen (secondary N) is 2. The molecule has 22 heavy (non-hydrogen) atoms. The standard InChI is InChI=1S/C16H22N2O4/c1-11(12-9-17-10-12)16(20)18-13-3-5-14(6-4-13)22-8-7-15(19)21-2/h3-6,11-12,17H,7-10H2,1-2H3,(H,18,20). The summed E-state index contributed by atoms with van der Waals surface area (Å²) < 4.78 is 9.96. The van der Waals surface area contributed by atoms with E-state index in [1.165, 1.54) is 7.11 Å². The summed E-state index contributed by atoms with van der Waals surface area (Å²) in [6, 6.07) is 7.11. The number of carbonyl (C=O) groups is 2. The molecule has 1 aromatic rings. The molecule has 1 aliphatic heterocycles. The SMILES string of the molecule is COC(=O)CCOc1ccc(NC(=O)C(C)C2CNC2)cc1. The van der Waals surface area contributed by atoms with Crippen molar-refractivity contribution in [1.29, 1.82) is 0 Å². The Morgan fingerprint density at radius 3 is 2.55 bits per heavy atom. The van der Waals surface area contributed by atoms with Crippen molar-refractivity contribution in [2.45, 2.75) is 13.3 Å². The maximum atomic E-state index is 12.1. The molecule has 1 saturated heterocycles. The van der Waals surface area contributed by atoms with Gasteiger partial charge in [0.1, 0.15) is 5.75 Å². The van der Waals surface area contributed by atoms with Gasteiger partial charge in [-0.25, -0.2) is 0 Å². The monoisotopic (exact) mass is 306 g/mol. The maximum Gasteiger partial charge on any atom is 0.308 e. The lowest BCUT2D eigenvalue weighted by atomic mass is 9.88. The smallest absolute Gasteiger partial charge is 0.308 e. The first kappa shape index (κ1) is 16.3. The zero-order chi connectivity index (χ0) is 15.9. The van der Waals surface area contributed by atoms with Crippen molar-refractivity contribution in [3.63, 3.8) is 0 Å². The van der Waals surface area contributed by atoms with Gasteiger partial charge in [0, 0.05) is 11.6 Å². The number of methoxy groups -OCH3 is 1. The van der Waals surface area contributed by atoms with Crippen molar-refractivity contribution in [3.8, 4) is 5.75 Å². The Hall–Kier alpha value is -2.08. The number of anilines is 1. The molecule has 1 fully saturated rings. The van der Waals surface area contributed by atoms with Gasteiger partial charge in [0.2, 0.25) is 5.91 Å². The Balaban J connectivity index is 1.78. The fourth-order valence-corrected chi connectivity index (χ4v) is 2.12. The summed E-state index contributed by atoms with van der Waals surface area (Å²) in [6.07, 6.45) is 0.210. The van der Waals surface area contributed by atoms with Crippen LogP contribution in [0.4, 0.5) is 5.69 Å². The number of esters is 1. The fraction of sp³-hybridized carbons (Fsp3) is 0.500. The number of benzene rings is 1. The van der Waals surface area contributed by atoms with E-state index in [0.29, 0.717) is 11.7 Å². The highest BCUT2D eigenvalue weighted by Crippen LogP contribution is 2.20. The summed E-state index contributed by atoms with van der Waals surface area (Å²) in [5.74, 6) is 0.797. The molecule has 1 atom stereocenters. The van der Waals surface area contributed by atoms with Crippen molar-refractivity contribution in [3.05, 3.63) is 24.3 Å². The first-order valence-electron chi connectivity index (χ1n) is 7.41. The van der Waals surface area contributed by atoms with Gasteiger partial charge in [0.25, 0.3) is 0 Å². The van der Waals surface area contributed by atoms with E-state index in [-0.39, 0.29) is 30.8 Å². The highest BCUT2D eigenvalue weighted by molar-refractivity contribution is 5.92. The van der Waals surface area contributed by atoms with Gasteiger partial charge in [-0.3, -0.25) is 9.59 Å². The molecule has 0 aromatic heterocycles. The minimum absolute atomic E-state index is 0.00256. The van der Waals surface area contributed by atoms with Crippen LogP contribution in [0.25, 0.3) is 0 Å². The molecule has 1 aromatic carbocycles. The second-order valence-corrected chi connectivity index (χ2v) is 5.40. The summed E-state index contributed by atoms with van der Waals surface area (Å²) in [5.41, 5.74) is 0.740. The van der Waals surface area contributed by atoms with Gasteiger partial charge in [-0.15, -0.1) is 0 Å². The number of carbonyl (C=O) groups excluding carboxylic acids is 2. The molecule has 0 radical (unpaired) electrons. The van der Waals surface area contributed by atoms with Gasteiger partial charge < -0.3 is 20.1 Å². The summed E-state index contributed by atoms with van der Waals surface area (Å²) >= 11 is 0. The largest absolute Gasteiger partial charge is 0.493 e. The van der Waals surface area contributed by atoms with Crippen LogP contribution >= 0.6 is 0 Å². The average molecular weight is 306 g/mol. The second kappa shape index (κ2) is 7.79. The molecule has 1 aliphatic rings. The van der Waals surface area contributed by atoms with Crippen LogP contribution < -0.4 is 15.4 Å². The van der Waals surface area contributed by atoms with Crippen LogP contribution in [0.2, 0.25) is 0 Å². The molecule has 2 N–H and O–H groups in total. The van der Waals surface area contributed by atoms with Gasteiger partial charge in [0.15, 0.2) is 0 Å². The topological polar surface area (TPSA) is 76.7 Å². The Labute approximate surface area is 130 Å². The highest BCUT2D eigenvalue weighted by atomic mass is 16.5. The van der Waals surface area contributed by atoms with Crippen LogP contribution in [-0.2, 0) is 14.3 Å². The minimum Gasteiger partial charge on any atom is -0.493 e. The first-order valence-corrected chi connectivity index (χ1v) is 7.41. The predicted octanol–water partition coefficient (Wildman–Crippen LogP) is 1.42. The molecule has 120 valence electrons. The van der Waals surface area contributed by atoms with Gasteiger partial charge in [-0.2, -0.15) is 0 Å². The van der Waals surface area contributed by atoms with Gasteiger partial charge in [-0.1, -0.05) is 6.92 Å². The van der Waals surface area contributed by atoms with Crippen LogP contribution in [0.15, 0.2) is 24.3 Å². The molecular weight excluding hydrogens is 284 g/mol. The maximum absolute atomic E-state index is 12.1. The summed E-state index contributed by atoms with van der Waals surface area (Å²) in [4.78, 5) is 23.1. The van der Waals surface area contributed by atoms with Gasteiger partial charge in [-0.05, 0) is 43.3 Å². The minimum atomic E-state index is -0.302. The molecule has 0 bridgehead atoms. The molecule has 2 rings (SSSR count). The van der Waals surface area contributed by atoms with Gasteiger partial charge >= 0.3 is 5.97 Å². The lowest BCUT2D eigenvalue weighted by Gasteiger charge is -2.31. The Kier molecular flexibility index (Phi) is 5.77. The van der Waals surface area contributed by atoms with Crippen molar-refractivity contribution < 1.29 is 19.1 Å². The van der Waals surface area contributed by atoms with E-state index in [4.69, 9.17) is 4.74 Å². The normalized spacial score (nSPS) is 15.5. The van der Waals surface area contributed by atoms with Crippen LogP contribution in [0.1, 0.15) is 13.3 Å². The van der Waals surface area contributed by atoms with Crippen LogP contribution in [0, 0.1) is 11.8 Å². The molecule has 1 heterocycles. The molecule has 0 spiro atoms. The molecule has 0 saturated carbocycles. The second-order valence-electron chi connectivity index (χ2n) is 5.40. The van der Waals surface area contributed by atoms with Gasteiger partial charge in [0.05, 0.1) is 20.1 Å². The quantitative estimate of drug-likeness (QED) is 0.745. The highest BCUT2D eigenvalue weighted by Gasteiger charge is 2.28. The lowest BCUT2D eigenvalue weighted by molar-refractivity contribution is -0.141. The molecular formula is C16H22N2O4. The van der Waals surface area contributed by atoms with Crippen LogP contribution in [0.3, 0.4) is 0 Å². The van der Waals surface area contributed by atoms with E-state index in [1.807, 2.05) is 6.92 Å². The van der Waals surface area contributed by atoms with Crippen molar-refractivity contribution in [1.82, 2.24) is 5.32 Å². The molecule has 6 nitrogen and oxygen atoms in total. The third kappa shape index (κ3) is 4.46. The Morgan fingerprint density at radius 1 is 1.32 bits per heavy atom. The van der Waals surface area contributed by atoms with Crippen molar-refractivity contribution >= 4 is 17.6 Å². The Bertz CT molecular complexity index is 511. The fourth-order valence-electron chi connectivity index (χ4n) is 2.12. The average Bonchev–Trinajstić information content (AvgIpc) is 2.47. The summed E-state index contributed by atoms with van der Waals surface area (Å²) in [7, 11) is 1.35. The zero-order valence-corrected chi connectivity index (χ0v) is 12.9. The van der Waals surface area contributed by atoms with E-state index < -0.39 is 0 Å². The van der Waals surface area contributed by atoms with Crippen molar-refractivity contribution in [2.75, 3.05) is 32.1 Å². The van der Waals surface area contributed by atoms with Crippen LogP contribution in [-0.4, -0.2) is 38.7 Å². The van der Waals surface area contributed by atoms with E-state index in [1.54, 1.807) is 24.3 Å². The number of amides is 1. The third-order valence-corrected chi connectivity index (χ3v) is 3.86. The van der Waals surface area contributed by atoms with Crippen LogP contribution in [0.5, 0.6) is 5.75 Å². The number of hydrogen-bond donors (Lipinski definition) is 2. The zero-order valence-electron chi connectivity index (χ0n) is 12.9. The van der Waals surface area contributed by atoms with E-state index in [9.17, 15) is 9.59 Å². The van der Waals surface area contributed by atoms with E-state index in [2.05, 4.69) is 15.4 Å². The first-order chi connectivity index (χ1) is 10.6. The number of ether oxygens (including phenoxy) is 2. The molecule has 0 aliphatic carbocycles. The van der Waals surface area contributed by atoms with E-state index >= 15 is 0 Å². The molecule has 1 unspecified atom stereocenters. The predicted molar refractivity (Wildman–Crippen MR) is 82.7 cm³/mol. The Morgan fingerprint density at radius 2 is 2.00 bits per heavy atom. The van der Waals surface area contributed by atoms with Crippen molar-refractivity contribution in [2.24, 2.45) is 11.8 Å². The molecule has 1 amide bonds. The molecule has 6 heteroatoms. The van der Waals surface area contributed by atoms with E-state index in [0.717, 1.165) is 18.8 Å². The summed E-state index contributed by atoms with van der Waals surface area (Å²) in [6.45, 7) is 4.03.